The highest BCUT2D eigenvalue weighted by Crippen LogP contribution is 2.37. The van der Waals surface area contributed by atoms with Crippen LogP contribution in [0, 0.1) is 12.3 Å². The van der Waals surface area contributed by atoms with Gasteiger partial charge in [-0.1, -0.05) is 23.7 Å². The van der Waals surface area contributed by atoms with Crippen LogP contribution in [0.2, 0.25) is 5.02 Å². The van der Waals surface area contributed by atoms with Gasteiger partial charge < -0.3 is 15.0 Å². The lowest BCUT2D eigenvalue weighted by atomic mass is 9.73. The van der Waals surface area contributed by atoms with Gasteiger partial charge in [0.15, 0.2) is 0 Å². The van der Waals surface area contributed by atoms with E-state index < -0.39 is 5.41 Å². The highest BCUT2D eigenvalue weighted by molar-refractivity contribution is 6.30. The van der Waals surface area contributed by atoms with E-state index in [0.717, 1.165) is 36.7 Å². The molecular weight excluding hydrogens is 376 g/mol. The van der Waals surface area contributed by atoms with Gasteiger partial charge in [-0.25, -0.2) is 9.97 Å². The van der Waals surface area contributed by atoms with Crippen molar-refractivity contribution < 1.29 is 9.53 Å². The molecular formula is C21H25ClN4O2. The predicted octanol–water partition coefficient (Wildman–Crippen LogP) is 2.78. The summed E-state index contributed by atoms with van der Waals surface area (Å²) < 4.78 is 5.65. The standard InChI is InChI=1S/C21H25ClN4O2/c1-15-23-9-8-19(25-15)26-13-21(14-26,11-16-4-6-17(22)7-5-16)20(27)24-12-18-3-2-10-28-18/h4-9,18H,2-3,10-14H2,1H3,(H,24,27). The number of nitrogens with zero attached hydrogens (tertiary/aromatic N) is 3. The number of amides is 1. The molecule has 1 aromatic heterocycles. The Morgan fingerprint density at radius 1 is 1.32 bits per heavy atom. The number of hydrogen-bond acceptors (Lipinski definition) is 5. The van der Waals surface area contributed by atoms with Crippen LogP contribution < -0.4 is 10.2 Å². The summed E-state index contributed by atoms with van der Waals surface area (Å²) in [6, 6.07) is 9.63. The molecule has 1 unspecified atom stereocenters. The Morgan fingerprint density at radius 2 is 2.11 bits per heavy atom. The van der Waals surface area contributed by atoms with Crippen LogP contribution >= 0.6 is 11.6 Å². The van der Waals surface area contributed by atoms with E-state index in [1.807, 2.05) is 37.3 Å². The molecule has 3 heterocycles. The topological polar surface area (TPSA) is 67.4 Å². The molecule has 1 atom stereocenters. The van der Waals surface area contributed by atoms with Crippen LogP contribution in [0.5, 0.6) is 0 Å². The van der Waals surface area contributed by atoms with Gasteiger partial charge in [0.2, 0.25) is 5.91 Å². The number of ether oxygens (including phenoxy) is 1. The molecule has 0 radical (unpaired) electrons. The fourth-order valence-electron chi connectivity index (χ4n) is 3.99. The number of aryl methyl sites for hydroxylation is 1. The van der Waals surface area contributed by atoms with Gasteiger partial charge in [0.25, 0.3) is 0 Å². The second-order valence-electron chi connectivity index (χ2n) is 7.75. The van der Waals surface area contributed by atoms with Gasteiger partial charge in [-0.15, -0.1) is 0 Å². The molecule has 2 aliphatic heterocycles. The van der Waals surface area contributed by atoms with Gasteiger partial charge in [0.1, 0.15) is 11.6 Å². The molecule has 0 spiro atoms. The quantitative estimate of drug-likeness (QED) is 0.807. The summed E-state index contributed by atoms with van der Waals surface area (Å²) in [7, 11) is 0. The van der Waals surface area contributed by atoms with E-state index in [1.165, 1.54) is 0 Å². The Kier molecular flexibility index (Phi) is 5.51. The molecule has 148 valence electrons. The molecule has 2 saturated heterocycles. The maximum atomic E-state index is 13.2. The molecule has 1 amide bonds. The van der Waals surface area contributed by atoms with E-state index in [-0.39, 0.29) is 12.0 Å². The summed E-state index contributed by atoms with van der Waals surface area (Å²) in [6.07, 6.45) is 4.64. The van der Waals surface area contributed by atoms with Crippen LogP contribution in [0.25, 0.3) is 0 Å². The monoisotopic (exact) mass is 400 g/mol. The van der Waals surface area contributed by atoms with E-state index in [0.29, 0.717) is 31.1 Å². The lowest BCUT2D eigenvalue weighted by Crippen LogP contribution is -2.65. The molecule has 2 aliphatic rings. The molecule has 0 aliphatic carbocycles. The minimum atomic E-state index is -0.481. The molecule has 0 saturated carbocycles. The van der Waals surface area contributed by atoms with Gasteiger partial charge in [-0.3, -0.25) is 4.79 Å². The van der Waals surface area contributed by atoms with Crippen molar-refractivity contribution in [3.8, 4) is 0 Å². The second-order valence-corrected chi connectivity index (χ2v) is 8.18. The number of benzene rings is 1. The van der Waals surface area contributed by atoms with Gasteiger partial charge in [0, 0.05) is 37.5 Å². The Morgan fingerprint density at radius 3 is 2.79 bits per heavy atom. The van der Waals surface area contributed by atoms with Gasteiger partial charge in [-0.2, -0.15) is 0 Å². The van der Waals surface area contributed by atoms with Crippen LogP contribution in [0.4, 0.5) is 5.82 Å². The molecule has 1 N–H and O–H groups in total. The van der Waals surface area contributed by atoms with Gasteiger partial charge >= 0.3 is 0 Å². The molecule has 2 aromatic rings. The second kappa shape index (κ2) is 8.05. The summed E-state index contributed by atoms with van der Waals surface area (Å²) in [5.74, 6) is 1.68. The smallest absolute Gasteiger partial charge is 0.230 e. The third-order valence-corrected chi connectivity index (χ3v) is 5.78. The number of rotatable bonds is 6. The normalized spacial score (nSPS) is 20.6. The molecule has 4 rings (SSSR count). The average molecular weight is 401 g/mol. The van der Waals surface area contributed by atoms with Crippen LogP contribution in [-0.4, -0.2) is 48.2 Å². The van der Waals surface area contributed by atoms with Crippen molar-refractivity contribution in [3.05, 3.63) is 52.9 Å². The van der Waals surface area contributed by atoms with Crippen molar-refractivity contribution >= 4 is 23.3 Å². The zero-order valence-corrected chi connectivity index (χ0v) is 16.8. The molecule has 7 heteroatoms. The van der Waals surface area contributed by atoms with Gasteiger partial charge in [-0.05, 0) is 49.9 Å². The molecule has 6 nitrogen and oxygen atoms in total. The number of anilines is 1. The van der Waals surface area contributed by atoms with E-state index in [4.69, 9.17) is 16.3 Å². The summed E-state index contributed by atoms with van der Waals surface area (Å²) >= 11 is 6.02. The average Bonchev–Trinajstić information content (AvgIpc) is 3.17. The van der Waals surface area contributed by atoms with Crippen LogP contribution in [0.15, 0.2) is 36.5 Å². The minimum Gasteiger partial charge on any atom is -0.376 e. The zero-order chi connectivity index (χ0) is 19.6. The zero-order valence-electron chi connectivity index (χ0n) is 16.0. The molecule has 28 heavy (non-hydrogen) atoms. The van der Waals surface area contributed by atoms with Crippen LogP contribution in [-0.2, 0) is 16.0 Å². The maximum absolute atomic E-state index is 13.2. The first-order valence-corrected chi connectivity index (χ1v) is 10.1. The Hall–Kier alpha value is -2.18. The lowest BCUT2D eigenvalue weighted by Gasteiger charge is -2.49. The molecule has 2 fully saturated rings. The third-order valence-electron chi connectivity index (χ3n) is 5.52. The summed E-state index contributed by atoms with van der Waals surface area (Å²) in [6.45, 7) is 4.50. The van der Waals surface area contributed by atoms with Crippen molar-refractivity contribution in [3.63, 3.8) is 0 Å². The van der Waals surface area contributed by atoms with E-state index in [9.17, 15) is 4.79 Å². The predicted molar refractivity (Wildman–Crippen MR) is 109 cm³/mol. The van der Waals surface area contributed by atoms with Crippen LogP contribution in [0.1, 0.15) is 24.2 Å². The van der Waals surface area contributed by atoms with Crippen molar-refractivity contribution in [1.29, 1.82) is 0 Å². The highest BCUT2D eigenvalue weighted by atomic mass is 35.5. The van der Waals surface area contributed by atoms with E-state index in [2.05, 4.69) is 20.2 Å². The number of nitrogens with one attached hydrogen (secondary N) is 1. The van der Waals surface area contributed by atoms with E-state index in [1.54, 1.807) is 6.20 Å². The lowest BCUT2D eigenvalue weighted by molar-refractivity contribution is -0.133. The summed E-state index contributed by atoms with van der Waals surface area (Å²) in [4.78, 5) is 24.0. The number of carbonyl (C=O) groups is 1. The first-order valence-electron chi connectivity index (χ1n) is 9.73. The molecule has 0 bridgehead atoms. The third kappa shape index (κ3) is 4.13. The number of halogens is 1. The highest BCUT2D eigenvalue weighted by Gasteiger charge is 2.49. The van der Waals surface area contributed by atoms with Crippen molar-refractivity contribution in [1.82, 2.24) is 15.3 Å². The molecule has 1 aromatic carbocycles. The van der Waals surface area contributed by atoms with Gasteiger partial charge in [0.05, 0.1) is 11.5 Å². The van der Waals surface area contributed by atoms with Crippen molar-refractivity contribution in [2.75, 3.05) is 31.1 Å². The fourth-order valence-corrected chi connectivity index (χ4v) is 4.12. The maximum Gasteiger partial charge on any atom is 0.230 e. The largest absolute Gasteiger partial charge is 0.376 e. The Bertz CT molecular complexity index is 831. The van der Waals surface area contributed by atoms with Crippen molar-refractivity contribution in [2.45, 2.75) is 32.3 Å². The van der Waals surface area contributed by atoms with Crippen molar-refractivity contribution in [2.24, 2.45) is 5.41 Å². The van der Waals surface area contributed by atoms with E-state index >= 15 is 0 Å². The minimum absolute atomic E-state index is 0.0833. The SMILES string of the molecule is Cc1nccc(N2CC(Cc3ccc(Cl)cc3)(C(=O)NCC3CCCO3)C2)n1. The number of hydrogen-bond donors (Lipinski definition) is 1. The summed E-state index contributed by atoms with van der Waals surface area (Å²) in [5, 5.41) is 3.83. The Labute approximate surface area is 170 Å². The number of aromatic nitrogens is 2. The summed E-state index contributed by atoms with van der Waals surface area (Å²) in [5.41, 5.74) is 0.626. The first-order chi connectivity index (χ1) is 13.5. The van der Waals surface area contributed by atoms with Crippen LogP contribution in [0.3, 0.4) is 0 Å². The first kappa shape index (κ1) is 19.2. The Balaban J connectivity index is 1.48. The number of carbonyl (C=O) groups excluding carboxylic acids is 1. The fraction of sp³-hybridized carbons (Fsp3) is 0.476.